The van der Waals surface area contributed by atoms with Gasteiger partial charge in [-0.15, -0.1) is 0 Å². The first-order valence-electron chi connectivity index (χ1n) is 8.13. The van der Waals surface area contributed by atoms with Gasteiger partial charge >= 0.3 is 5.97 Å². The molecule has 1 fully saturated rings. The van der Waals surface area contributed by atoms with Crippen LogP contribution in [0.25, 0.3) is 0 Å². The summed E-state index contributed by atoms with van der Waals surface area (Å²) in [6, 6.07) is 4.47. The van der Waals surface area contributed by atoms with Crippen LogP contribution in [0.3, 0.4) is 0 Å². The topological polar surface area (TPSA) is 116 Å². The number of carbonyl (C=O) groups excluding carboxylic acids is 3. The van der Waals surface area contributed by atoms with Gasteiger partial charge in [-0.1, -0.05) is 6.92 Å². The Morgan fingerprint density at radius 3 is 2.42 bits per heavy atom. The monoisotopic (exact) mass is 366 g/mol. The molecule has 1 heterocycles. The molecule has 1 amide bonds. The van der Waals surface area contributed by atoms with Crippen LogP contribution in [0.4, 0.5) is 10.1 Å². The predicted octanol–water partition coefficient (Wildman–Crippen LogP) is 1.71. The van der Waals surface area contributed by atoms with Crippen LogP contribution in [0.5, 0.6) is 0 Å². The van der Waals surface area contributed by atoms with E-state index in [0.717, 1.165) is 0 Å². The SMILES string of the molecule is CCC(=O)C(C(=O)OCc1ccc([N+](=O)[O-])cc1)[C@H]1NC(=O)[C@@H]1[C@@H](C)F. The standard InChI is InChI=1S/C17H19FN2O6/c1-3-12(21)14(15-13(9(2)18)16(22)19-15)17(23)26-8-10-4-6-11(7-5-10)20(24)25/h4-7,9,13-15H,3,8H2,1-2H3,(H,19,22)/t9-,13-,14?,15+/m1/s1. The van der Waals surface area contributed by atoms with Crippen LogP contribution in [0.2, 0.25) is 0 Å². The highest BCUT2D eigenvalue weighted by molar-refractivity contribution is 6.02. The number of benzene rings is 1. The molecule has 140 valence electrons. The van der Waals surface area contributed by atoms with Gasteiger partial charge in [0.2, 0.25) is 5.91 Å². The second-order valence-corrected chi connectivity index (χ2v) is 6.07. The lowest BCUT2D eigenvalue weighted by atomic mass is 9.76. The number of hydrogen-bond donors (Lipinski definition) is 1. The quantitative estimate of drug-likeness (QED) is 0.246. The molecular weight excluding hydrogens is 347 g/mol. The minimum atomic E-state index is -1.50. The van der Waals surface area contributed by atoms with E-state index in [4.69, 9.17) is 4.74 Å². The number of halogens is 1. The Balaban J connectivity index is 2.06. The highest BCUT2D eigenvalue weighted by Crippen LogP contribution is 2.29. The van der Waals surface area contributed by atoms with Crippen molar-refractivity contribution in [2.24, 2.45) is 11.8 Å². The summed E-state index contributed by atoms with van der Waals surface area (Å²) in [5, 5.41) is 13.0. The van der Waals surface area contributed by atoms with Gasteiger partial charge in [-0.2, -0.15) is 0 Å². The van der Waals surface area contributed by atoms with Crippen molar-refractivity contribution in [1.82, 2.24) is 5.32 Å². The zero-order chi connectivity index (χ0) is 19.4. The lowest BCUT2D eigenvalue weighted by molar-refractivity contribution is -0.384. The second-order valence-electron chi connectivity index (χ2n) is 6.07. The second kappa shape index (κ2) is 8.03. The van der Waals surface area contributed by atoms with Gasteiger partial charge in [-0.3, -0.25) is 24.5 Å². The van der Waals surface area contributed by atoms with E-state index < -0.39 is 46.6 Å². The van der Waals surface area contributed by atoms with E-state index in [1.807, 2.05) is 0 Å². The number of nitro groups is 1. The van der Waals surface area contributed by atoms with Gasteiger partial charge in [0.25, 0.3) is 5.69 Å². The van der Waals surface area contributed by atoms with Gasteiger partial charge in [-0.05, 0) is 24.6 Å². The van der Waals surface area contributed by atoms with Crippen molar-refractivity contribution in [2.75, 3.05) is 0 Å². The number of carbonyl (C=O) groups is 3. The van der Waals surface area contributed by atoms with Gasteiger partial charge in [-0.25, -0.2) is 4.39 Å². The normalized spacial score (nSPS) is 21.1. The summed E-state index contributed by atoms with van der Waals surface area (Å²) in [7, 11) is 0. The number of Topliss-reactive ketones (excluding diaryl/α,β-unsaturated/α-hetero) is 1. The fourth-order valence-corrected chi connectivity index (χ4v) is 2.86. The Morgan fingerprint density at radius 1 is 1.35 bits per heavy atom. The maximum absolute atomic E-state index is 13.6. The molecule has 0 saturated carbocycles. The molecule has 1 aromatic rings. The van der Waals surface area contributed by atoms with E-state index in [0.29, 0.717) is 5.56 Å². The molecule has 0 aromatic heterocycles. The average molecular weight is 366 g/mol. The molecule has 26 heavy (non-hydrogen) atoms. The summed E-state index contributed by atoms with van der Waals surface area (Å²) in [6.07, 6.45) is -1.46. The highest BCUT2D eigenvalue weighted by Gasteiger charge is 2.52. The number of ether oxygens (including phenoxy) is 1. The van der Waals surface area contributed by atoms with Crippen LogP contribution >= 0.6 is 0 Å². The number of alkyl halides is 1. The van der Waals surface area contributed by atoms with Gasteiger partial charge < -0.3 is 10.1 Å². The molecular formula is C17H19FN2O6. The van der Waals surface area contributed by atoms with Crippen molar-refractivity contribution in [3.8, 4) is 0 Å². The largest absolute Gasteiger partial charge is 0.460 e. The third-order valence-electron chi connectivity index (χ3n) is 4.33. The maximum Gasteiger partial charge on any atom is 0.318 e. The van der Waals surface area contributed by atoms with Crippen molar-refractivity contribution in [1.29, 1.82) is 0 Å². The molecule has 0 bridgehead atoms. The van der Waals surface area contributed by atoms with Crippen molar-refractivity contribution in [3.05, 3.63) is 39.9 Å². The van der Waals surface area contributed by atoms with Crippen molar-refractivity contribution in [3.63, 3.8) is 0 Å². The lowest BCUT2D eigenvalue weighted by Crippen LogP contribution is -2.66. The van der Waals surface area contributed by atoms with Crippen LogP contribution in [0.15, 0.2) is 24.3 Å². The van der Waals surface area contributed by atoms with Crippen molar-refractivity contribution in [2.45, 2.75) is 39.1 Å². The minimum Gasteiger partial charge on any atom is -0.460 e. The third kappa shape index (κ3) is 4.04. The summed E-state index contributed by atoms with van der Waals surface area (Å²) in [6.45, 7) is 2.57. The van der Waals surface area contributed by atoms with Gasteiger partial charge in [0.05, 0.1) is 16.9 Å². The molecule has 8 nitrogen and oxygen atoms in total. The van der Waals surface area contributed by atoms with Gasteiger partial charge in [0, 0.05) is 18.6 Å². The fraction of sp³-hybridized carbons (Fsp3) is 0.471. The Hall–Kier alpha value is -2.84. The van der Waals surface area contributed by atoms with E-state index in [-0.39, 0.29) is 18.7 Å². The number of nitrogens with zero attached hydrogens (tertiary/aromatic N) is 1. The lowest BCUT2D eigenvalue weighted by Gasteiger charge is -2.40. The maximum atomic E-state index is 13.6. The molecule has 0 spiro atoms. The Bertz CT molecular complexity index is 718. The third-order valence-corrected chi connectivity index (χ3v) is 4.33. The predicted molar refractivity (Wildman–Crippen MR) is 87.7 cm³/mol. The first-order chi connectivity index (χ1) is 12.3. The molecule has 0 aliphatic carbocycles. The van der Waals surface area contributed by atoms with Gasteiger partial charge in [0.1, 0.15) is 24.5 Å². The number of nitro benzene ring substituents is 1. The Kier molecular flexibility index (Phi) is 6.01. The molecule has 1 N–H and O–H groups in total. The van der Waals surface area contributed by atoms with Crippen LogP contribution in [-0.2, 0) is 25.7 Å². The average Bonchev–Trinajstić information content (AvgIpc) is 2.58. The number of esters is 1. The fourth-order valence-electron chi connectivity index (χ4n) is 2.86. The van der Waals surface area contributed by atoms with Crippen LogP contribution in [0.1, 0.15) is 25.8 Å². The zero-order valence-electron chi connectivity index (χ0n) is 14.3. The molecule has 9 heteroatoms. The Morgan fingerprint density at radius 2 is 1.96 bits per heavy atom. The number of amides is 1. The molecule has 2 rings (SSSR count). The first-order valence-corrected chi connectivity index (χ1v) is 8.13. The molecule has 1 aliphatic heterocycles. The molecule has 1 aliphatic rings. The molecule has 1 unspecified atom stereocenters. The number of nitrogens with one attached hydrogen (secondary N) is 1. The number of β-lactam (4-membered cyclic amide) rings is 1. The molecule has 1 saturated heterocycles. The minimum absolute atomic E-state index is 0.0387. The van der Waals surface area contributed by atoms with E-state index in [1.165, 1.54) is 31.2 Å². The summed E-state index contributed by atoms with van der Waals surface area (Å²) >= 11 is 0. The number of rotatable bonds is 8. The van der Waals surface area contributed by atoms with E-state index in [9.17, 15) is 28.9 Å². The highest BCUT2D eigenvalue weighted by atomic mass is 19.1. The van der Waals surface area contributed by atoms with E-state index in [2.05, 4.69) is 5.32 Å². The summed E-state index contributed by atoms with van der Waals surface area (Å²) < 4.78 is 18.7. The summed E-state index contributed by atoms with van der Waals surface area (Å²) in [5.41, 5.74) is 0.399. The van der Waals surface area contributed by atoms with Crippen LogP contribution < -0.4 is 5.32 Å². The smallest absolute Gasteiger partial charge is 0.318 e. The van der Waals surface area contributed by atoms with Gasteiger partial charge in [0.15, 0.2) is 0 Å². The number of hydrogen-bond acceptors (Lipinski definition) is 6. The van der Waals surface area contributed by atoms with Crippen LogP contribution in [-0.4, -0.2) is 34.8 Å². The molecule has 4 atom stereocenters. The summed E-state index contributed by atoms with van der Waals surface area (Å²) in [4.78, 5) is 46.1. The number of ketones is 1. The van der Waals surface area contributed by atoms with E-state index in [1.54, 1.807) is 6.92 Å². The van der Waals surface area contributed by atoms with E-state index >= 15 is 0 Å². The number of non-ortho nitro benzene ring substituents is 1. The van der Waals surface area contributed by atoms with Crippen LogP contribution in [0, 0.1) is 22.0 Å². The van der Waals surface area contributed by atoms with Crippen molar-refractivity contribution >= 4 is 23.3 Å². The Labute approximate surface area is 148 Å². The van der Waals surface area contributed by atoms with Crippen molar-refractivity contribution < 1.29 is 28.4 Å². The zero-order valence-corrected chi connectivity index (χ0v) is 14.3. The summed E-state index contributed by atoms with van der Waals surface area (Å²) in [5.74, 6) is -4.19. The first kappa shape index (κ1) is 19.5. The molecule has 1 aromatic carbocycles. The molecule has 0 radical (unpaired) electrons.